The molecule has 0 aliphatic carbocycles. The molecule has 1 N–H and O–H groups in total. The number of carbonyl (C=O) groups is 1. The molecule has 2 aromatic heterocycles. The second-order valence-electron chi connectivity index (χ2n) is 8.31. The van der Waals surface area contributed by atoms with Gasteiger partial charge < -0.3 is 9.84 Å². The normalized spacial score (nSPS) is 12.5. The lowest BCUT2D eigenvalue weighted by Gasteiger charge is -2.22. The fraction of sp³-hybridized carbons (Fsp3) is 0.611. The summed E-state index contributed by atoms with van der Waals surface area (Å²) >= 11 is 0. The monoisotopic (exact) mass is 332 g/mol. The van der Waals surface area contributed by atoms with Crippen LogP contribution in [0.3, 0.4) is 0 Å². The molecule has 6 heteroatoms. The van der Waals surface area contributed by atoms with Crippen molar-refractivity contribution in [3.63, 3.8) is 0 Å². The molecule has 6 nitrogen and oxygen atoms in total. The summed E-state index contributed by atoms with van der Waals surface area (Å²) < 4.78 is 7.21. The van der Waals surface area contributed by atoms with Crippen molar-refractivity contribution in [3.8, 4) is 0 Å². The maximum atomic E-state index is 12.6. The summed E-state index contributed by atoms with van der Waals surface area (Å²) in [7, 11) is 0. The highest BCUT2D eigenvalue weighted by Gasteiger charge is 2.24. The largest absolute Gasteiger partial charge is 0.359 e. The van der Waals surface area contributed by atoms with E-state index in [1.807, 2.05) is 11.6 Å². The van der Waals surface area contributed by atoms with Crippen molar-refractivity contribution in [1.82, 2.24) is 14.9 Å². The van der Waals surface area contributed by atoms with Crippen molar-refractivity contribution >= 4 is 11.7 Å². The minimum Gasteiger partial charge on any atom is -0.359 e. The van der Waals surface area contributed by atoms with Crippen molar-refractivity contribution in [2.24, 2.45) is 5.41 Å². The molecular formula is C18H28N4O2. The van der Waals surface area contributed by atoms with E-state index >= 15 is 0 Å². The molecule has 0 aliphatic rings. The molecule has 1 amide bonds. The van der Waals surface area contributed by atoms with Crippen LogP contribution in [0.4, 0.5) is 5.82 Å². The highest BCUT2D eigenvalue weighted by atomic mass is 16.5. The molecule has 24 heavy (non-hydrogen) atoms. The molecule has 2 heterocycles. The summed E-state index contributed by atoms with van der Waals surface area (Å²) in [5, 5.41) is 11.1. The van der Waals surface area contributed by atoms with Crippen molar-refractivity contribution in [1.29, 1.82) is 0 Å². The Balaban J connectivity index is 2.18. The van der Waals surface area contributed by atoms with E-state index in [1.54, 1.807) is 12.3 Å². The summed E-state index contributed by atoms with van der Waals surface area (Å²) in [6, 6.07) is 1.78. The third-order valence-corrected chi connectivity index (χ3v) is 3.59. The zero-order valence-corrected chi connectivity index (χ0v) is 15.7. The minimum absolute atomic E-state index is 0.101. The third kappa shape index (κ3) is 4.24. The summed E-state index contributed by atoms with van der Waals surface area (Å²) in [6.07, 6.45) is 3.11. The smallest absolute Gasteiger partial charge is 0.260 e. The number of rotatable bonds is 4. The number of carbonyl (C=O) groups excluding carboxylic acids is 1. The number of hydrogen-bond donors (Lipinski definition) is 1. The molecule has 0 bridgehead atoms. The first-order valence-corrected chi connectivity index (χ1v) is 8.35. The molecule has 0 aliphatic heterocycles. The minimum atomic E-state index is -0.210. The summed E-state index contributed by atoms with van der Waals surface area (Å²) in [4.78, 5) is 12.6. The van der Waals surface area contributed by atoms with Gasteiger partial charge in [-0.15, -0.1) is 0 Å². The highest BCUT2D eigenvalue weighted by molar-refractivity contribution is 6.04. The topological polar surface area (TPSA) is 73.0 Å². The summed E-state index contributed by atoms with van der Waals surface area (Å²) in [6.45, 7) is 14.6. The van der Waals surface area contributed by atoms with Gasteiger partial charge in [0, 0.05) is 12.5 Å². The molecule has 0 atom stereocenters. The first-order valence-electron chi connectivity index (χ1n) is 8.35. The van der Waals surface area contributed by atoms with Crippen molar-refractivity contribution in [2.45, 2.75) is 66.8 Å². The predicted molar refractivity (Wildman–Crippen MR) is 94.2 cm³/mol. The van der Waals surface area contributed by atoms with E-state index < -0.39 is 0 Å². The Bertz CT molecular complexity index is 714. The number of hydrogen-bond acceptors (Lipinski definition) is 4. The van der Waals surface area contributed by atoms with E-state index in [1.165, 1.54) is 0 Å². The zero-order chi connectivity index (χ0) is 18.1. The zero-order valence-electron chi connectivity index (χ0n) is 15.7. The van der Waals surface area contributed by atoms with Crippen LogP contribution in [0, 0.1) is 5.41 Å². The van der Waals surface area contributed by atoms with Crippen LogP contribution in [-0.2, 0) is 18.4 Å². The van der Waals surface area contributed by atoms with Gasteiger partial charge >= 0.3 is 0 Å². The van der Waals surface area contributed by atoms with Crippen molar-refractivity contribution in [2.75, 3.05) is 5.32 Å². The molecule has 0 fully saturated rings. The fourth-order valence-electron chi connectivity index (χ4n) is 2.64. The molecule has 132 valence electrons. The molecule has 0 unspecified atom stereocenters. The lowest BCUT2D eigenvalue weighted by atomic mass is 9.91. The molecular weight excluding hydrogens is 304 g/mol. The molecule has 2 rings (SSSR count). The number of anilines is 1. The van der Waals surface area contributed by atoms with Crippen LogP contribution in [-0.4, -0.2) is 20.8 Å². The van der Waals surface area contributed by atoms with Gasteiger partial charge in [-0.25, -0.2) is 0 Å². The maximum absolute atomic E-state index is 12.6. The van der Waals surface area contributed by atoms with Crippen LogP contribution in [0.2, 0.25) is 0 Å². The fourth-order valence-corrected chi connectivity index (χ4v) is 2.64. The van der Waals surface area contributed by atoms with Crippen LogP contribution in [0.1, 0.15) is 70.3 Å². The van der Waals surface area contributed by atoms with E-state index in [0.717, 1.165) is 24.3 Å². The Kier molecular flexibility index (Phi) is 4.87. The van der Waals surface area contributed by atoms with Crippen LogP contribution in [0.5, 0.6) is 0 Å². The van der Waals surface area contributed by atoms with Gasteiger partial charge in [-0.3, -0.25) is 9.48 Å². The van der Waals surface area contributed by atoms with Gasteiger partial charge in [0.25, 0.3) is 5.91 Å². The number of nitrogens with one attached hydrogen (secondary N) is 1. The standard InChI is InChI=1S/C18H28N4O2/c1-8-14-13(11-19-22(14)18(5,6)7)16(23)20-15-9-12(24-21-15)10-17(2,3)4/h9,11H,8,10H2,1-7H3,(H,20,21,23). The Morgan fingerprint density at radius 1 is 1.25 bits per heavy atom. The first kappa shape index (κ1) is 18.2. The predicted octanol–water partition coefficient (Wildman–Crippen LogP) is 4.03. The van der Waals surface area contributed by atoms with Gasteiger partial charge in [0.05, 0.1) is 23.0 Å². The lowest BCUT2D eigenvalue weighted by molar-refractivity contribution is 0.102. The van der Waals surface area contributed by atoms with Gasteiger partial charge in [-0.1, -0.05) is 32.9 Å². The lowest BCUT2D eigenvalue weighted by Crippen LogP contribution is -2.26. The Morgan fingerprint density at radius 2 is 1.92 bits per heavy atom. The van der Waals surface area contributed by atoms with E-state index in [4.69, 9.17) is 4.52 Å². The maximum Gasteiger partial charge on any atom is 0.260 e. The molecule has 0 saturated heterocycles. The van der Waals surface area contributed by atoms with Crippen LogP contribution in [0.25, 0.3) is 0 Å². The van der Waals surface area contributed by atoms with Crippen LogP contribution in [0.15, 0.2) is 16.8 Å². The Labute approximate surface area is 143 Å². The van der Waals surface area contributed by atoms with E-state index in [2.05, 4.69) is 57.1 Å². The Morgan fingerprint density at radius 3 is 2.46 bits per heavy atom. The molecule has 0 spiro atoms. The van der Waals surface area contributed by atoms with Crippen molar-refractivity contribution in [3.05, 3.63) is 29.3 Å². The van der Waals surface area contributed by atoms with Gasteiger partial charge in [0.2, 0.25) is 0 Å². The van der Waals surface area contributed by atoms with Crippen LogP contribution >= 0.6 is 0 Å². The first-order chi connectivity index (χ1) is 11.0. The van der Waals surface area contributed by atoms with Gasteiger partial charge in [0.15, 0.2) is 5.82 Å². The number of amides is 1. The average Bonchev–Trinajstić information content (AvgIpc) is 3.02. The molecule has 0 aromatic carbocycles. The third-order valence-electron chi connectivity index (χ3n) is 3.59. The summed E-state index contributed by atoms with van der Waals surface area (Å²) in [5.74, 6) is 0.988. The number of aromatic nitrogens is 3. The van der Waals surface area contributed by atoms with E-state index in [-0.39, 0.29) is 16.9 Å². The van der Waals surface area contributed by atoms with Crippen molar-refractivity contribution < 1.29 is 9.32 Å². The SMILES string of the molecule is CCc1c(C(=O)Nc2cc(CC(C)(C)C)on2)cnn1C(C)(C)C. The average molecular weight is 332 g/mol. The Hall–Kier alpha value is -2.11. The quantitative estimate of drug-likeness (QED) is 0.917. The van der Waals surface area contributed by atoms with E-state index in [0.29, 0.717) is 11.4 Å². The second-order valence-corrected chi connectivity index (χ2v) is 8.31. The second kappa shape index (κ2) is 6.42. The molecule has 0 saturated carbocycles. The van der Waals surface area contributed by atoms with Gasteiger partial charge in [-0.05, 0) is 32.6 Å². The van der Waals surface area contributed by atoms with E-state index in [9.17, 15) is 4.79 Å². The number of nitrogens with zero attached hydrogens (tertiary/aromatic N) is 3. The van der Waals surface area contributed by atoms with Gasteiger partial charge in [-0.2, -0.15) is 5.10 Å². The van der Waals surface area contributed by atoms with Gasteiger partial charge in [0.1, 0.15) is 5.76 Å². The summed E-state index contributed by atoms with van der Waals surface area (Å²) in [5.41, 5.74) is 1.42. The molecule has 2 aromatic rings. The van der Waals surface area contributed by atoms with Crippen LogP contribution < -0.4 is 5.32 Å². The molecule has 0 radical (unpaired) electrons. The highest BCUT2D eigenvalue weighted by Crippen LogP contribution is 2.23.